The summed E-state index contributed by atoms with van der Waals surface area (Å²) in [6.45, 7) is 25.0. The monoisotopic (exact) mass is 862 g/mol. The van der Waals surface area contributed by atoms with E-state index < -0.39 is 0 Å². The number of ketones is 1. The minimum Gasteiger partial charge on any atom is -0.512 e. The van der Waals surface area contributed by atoms with Gasteiger partial charge in [-0.25, -0.2) is 0 Å². The van der Waals surface area contributed by atoms with Crippen molar-refractivity contribution in [3.63, 3.8) is 0 Å². The molecule has 1 aromatic heterocycles. The Morgan fingerprint density at radius 2 is 1.55 bits per heavy atom. The van der Waals surface area contributed by atoms with Crippen LogP contribution in [0.4, 0.5) is 0 Å². The average Bonchev–Trinajstić information content (AvgIpc) is 3.06. The first-order valence-corrected chi connectivity index (χ1v) is 18.3. The molecule has 0 saturated heterocycles. The van der Waals surface area contributed by atoms with E-state index in [1.54, 1.807) is 12.1 Å². The number of fused-ring (bicyclic) bond motifs is 3. The standard InChI is InChI=1S/C29H30NS.C15H28O2.Ir/c1-28(2,3)16-18-13-20-11-12-30-26-22-15-19-9-7-8-10-21(19)23(17-29(4,5)6)27(22)31-24(14-18)25(20)26;1-7-14(5,8-2)12(16)11-13(17)15(6,9-3)10-4;/h7-14H,16-17H2,1-6H3;11,16H,7-10H2,1-6H3;/q-1;;/b;12-11-;/i7D,10D,11D,12D,14D;;. The third-order valence-corrected chi connectivity index (χ3v) is 11.2. The normalized spacial score (nSPS) is 14.9. The van der Waals surface area contributed by atoms with Gasteiger partial charge >= 0.3 is 0 Å². The fourth-order valence-corrected chi connectivity index (χ4v) is 7.27. The molecule has 5 rings (SSSR count). The van der Waals surface area contributed by atoms with Crippen molar-refractivity contribution in [2.45, 2.75) is 131 Å². The zero-order valence-corrected chi connectivity index (χ0v) is 34.8. The molecule has 0 bridgehead atoms. The third-order valence-electron chi connectivity index (χ3n) is 10.0. The van der Waals surface area contributed by atoms with E-state index in [1.807, 2.05) is 47.6 Å². The van der Waals surface area contributed by atoms with Crippen LogP contribution >= 0.6 is 11.8 Å². The van der Waals surface area contributed by atoms with Gasteiger partial charge in [0, 0.05) is 53.8 Å². The molecule has 0 aliphatic carbocycles. The number of aliphatic hydroxyl groups is 1. The maximum absolute atomic E-state index is 12.2. The summed E-state index contributed by atoms with van der Waals surface area (Å²) >= 11 is 1.52. The average molecular weight is 862 g/mol. The van der Waals surface area contributed by atoms with E-state index in [9.17, 15) is 9.90 Å². The molecule has 0 unspecified atom stereocenters. The first-order valence-electron chi connectivity index (χ1n) is 20.0. The number of pyridine rings is 1. The van der Waals surface area contributed by atoms with Gasteiger partial charge in [0.05, 0.1) is 6.85 Å². The molecule has 1 aliphatic heterocycles. The number of hydrogen-bond donors (Lipinski definition) is 1. The van der Waals surface area contributed by atoms with Crippen molar-refractivity contribution in [1.82, 2.24) is 4.98 Å². The molecule has 0 saturated carbocycles. The second kappa shape index (κ2) is 15.8. The predicted octanol–water partition coefficient (Wildman–Crippen LogP) is 13.1. The molecule has 49 heavy (non-hydrogen) atoms. The van der Waals surface area contributed by atoms with Gasteiger partial charge in [0.25, 0.3) is 0 Å². The van der Waals surface area contributed by atoms with Gasteiger partial charge in [-0.2, -0.15) is 0 Å². The van der Waals surface area contributed by atoms with Crippen molar-refractivity contribution in [2.75, 3.05) is 0 Å². The Morgan fingerprint density at radius 3 is 2.12 bits per heavy atom. The first-order chi connectivity index (χ1) is 24.4. The van der Waals surface area contributed by atoms with Crippen LogP contribution in [0, 0.1) is 27.7 Å². The summed E-state index contributed by atoms with van der Waals surface area (Å²) in [7, 11) is 0. The molecule has 0 spiro atoms. The quantitative estimate of drug-likeness (QED) is 0.0911. The van der Waals surface area contributed by atoms with Crippen LogP contribution in [0.3, 0.4) is 0 Å². The largest absolute Gasteiger partial charge is 0.512 e. The Balaban J connectivity index is 0.000000372. The molecule has 1 aliphatic rings. The number of carbonyl (C=O) groups is 1. The van der Waals surface area contributed by atoms with Crippen LogP contribution in [0.1, 0.15) is 127 Å². The summed E-state index contributed by atoms with van der Waals surface area (Å²) in [5.74, 6) is 0.286. The van der Waals surface area contributed by atoms with E-state index in [0.717, 1.165) is 62.9 Å². The summed E-state index contributed by atoms with van der Waals surface area (Å²) in [5, 5.41) is 13.0. The van der Waals surface area contributed by atoms with E-state index in [4.69, 9.17) is 6.85 Å². The number of carbonyl (C=O) groups excluding carboxylic acids is 1. The Hall–Kier alpha value is -2.46. The summed E-state index contributed by atoms with van der Waals surface area (Å²) in [5.41, 5.74) is 2.48. The molecule has 5 heteroatoms. The van der Waals surface area contributed by atoms with Crippen LogP contribution in [0.2, 0.25) is 0 Å². The number of nitrogens with zero attached hydrogens (tertiary/aromatic N) is 1. The van der Waals surface area contributed by atoms with Crippen LogP contribution in [0.25, 0.3) is 32.8 Å². The maximum Gasteiger partial charge on any atom is 0.164 e. The first kappa shape index (κ1) is 33.7. The third kappa shape index (κ3) is 9.26. The maximum atomic E-state index is 12.2. The smallest absolute Gasteiger partial charge is 0.164 e. The summed E-state index contributed by atoms with van der Waals surface area (Å²) in [4.78, 5) is 18.4. The fourth-order valence-electron chi connectivity index (χ4n) is 6.03. The molecule has 2 heterocycles. The summed E-state index contributed by atoms with van der Waals surface area (Å²) < 4.78 is 43.2. The number of allylic oxidation sites excluding steroid dienone is 2. The van der Waals surface area contributed by atoms with Gasteiger partial charge in [0.1, 0.15) is 5.76 Å². The zero-order valence-electron chi connectivity index (χ0n) is 36.6. The number of hydrogen-bond acceptors (Lipinski definition) is 4. The van der Waals surface area contributed by atoms with Crippen molar-refractivity contribution >= 4 is 39.1 Å². The van der Waals surface area contributed by atoms with E-state index in [2.05, 4.69) is 52.6 Å². The zero-order chi connectivity index (χ0) is 40.0. The van der Waals surface area contributed by atoms with Crippen molar-refractivity contribution < 1.29 is 36.9 Å². The van der Waals surface area contributed by atoms with E-state index in [0.29, 0.717) is 41.4 Å². The number of aliphatic hydroxyl groups excluding tert-OH is 1. The van der Waals surface area contributed by atoms with E-state index in [-0.39, 0.29) is 71.6 Å². The Labute approximate surface area is 321 Å². The van der Waals surface area contributed by atoms with Gasteiger partial charge in [-0.15, -0.1) is 29.3 Å². The molecular formula is C44H58IrNO2S-. The SMILES string of the molecule is CCC(C)(CC)C(=O)/C=C(\O)C(C)(CC)CC.[2H]c1cc([2H])c2c(CC(C)(C)C)c3c([c-]c2c1)-c1nc([2H])c([2H])c2cc(CC(C)(C)C)c([2H])c(c12)S3.[Ir]. The minimum absolute atomic E-state index is 0. The van der Waals surface area contributed by atoms with Crippen LogP contribution in [-0.2, 0) is 37.7 Å². The molecule has 3 nitrogen and oxygen atoms in total. The van der Waals surface area contributed by atoms with Crippen LogP contribution in [0.15, 0.2) is 70.2 Å². The molecule has 1 N–H and O–H groups in total. The number of benzene rings is 3. The molecule has 267 valence electrons. The minimum atomic E-state index is -0.337. The summed E-state index contributed by atoms with van der Waals surface area (Å²) in [6.07, 6.45) is 6.05. The topological polar surface area (TPSA) is 50.2 Å². The molecule has 0 fully saturated rings. The van der Waals surface area contributed by atoms with Gasteiger partial charge in [0.2, 0.25) is 0 Å². The van der Waals surface area contributed by atoms with E-state index >= 15 is 0 Å². The van der Waals surface area contributed by atoms with Crippen LogP contribution in [-0.4, -0.2) is 15.9 Å². The van der Waals surface area contributed by atoms with Gasteiger partial charge in [-0.1, -0.05) is 124 Å². The Kier molecular flexibility index (Phi) is 10.9. The molecular weight excluding hydrogens is 799 g/mol. The Bertz CT molecular complexity index is 2090. The summed E-state index contributed by atoms with van der Waals surface area (Å²) in [6, 6.07) is 9.74. The van der Waals surface area contributed by atoms with Crippen LogP contribution in [0.5, 0.6) is 0 Å². The van der Waals surface area contributed by atoms with Gasteiger partial charge in [-0.05, 0) is 82.7 Å². The van der Waals surface area contributed by atoms with Crippen molar-refractivity contribution in [1.29, 1.82) is 0 Å². The number of rotatable bonds is 9. The van der Waals surface area contributed by atoms with Gasteiger partial charge < -0.3 is 5.11 Å². The van der Waals surface area contributed by atoms with Crippen molar-refractivity contribution in [2.24, 2.45) is 21.7 Å². The van der Waals surface area contributed by atoms with Crippen LogP contribution < -0.4 is 0 Å². The van der Waals surface area contributed by atoms with Crippen molar-refractivity contribution in [3.05, 3.63) is 77.6 Å². The fraction of sp³-hybridized carbons (Fsp3) is 0.500. The van der Waals surface area contributed by atoms with Crippen molar-refractivity contribution in [3.8, 4) is 11.3 Å². The second-order valence-electron chi connectivity index (χ2n) is 16.3. The molecule has 0 amide bonds. The van der Waals surface area contributed by atoms with Gasteiger partial charge in [0.15, 0.2) is 5.78 Å². The molecule has 0 atom stereocenters. The number of aromatic nitrogens is 1. The Morgan fingerprint density at radius 1 is 0.939 bits per heavy atom. The molecule has 4 aromatic rings. The molecule has 1 radical (unpaired) electrons. The second-order valence-corrected chi connectivity index (χ2v) is 17.3. The van der Waals surface area contributed by atoms with E-state index in [1.165, 1.54) is 17.8 Å². The molecule has 3 aromatic carbocycles. The predicted molar refractivity (Wildman–Crippen MR) is 207 cm³/mol. The van der Waals surface area contributed by atoms with Gasteiger partial charge in [-0.3, -0.25) is 9.78 Å².